The van der Waals surface area contributed by atoms with Crippen molar-refractivity contribution in [3.05, 3.63) is 93.5 Å². The van der Waals surface area contributed by atoms with Crippen LogP contribution >= 0.6 is 23.4 Å². The van der Waals surface area contributed by atoms with Crippen LogP contribution in [-0.4, -0.2) is 40.3 Å². The number of hydrogen-bond donors (Lipinski definition) is 0. The van der Waals surface area contributed by atoms with Crippen molar-refractivity contribution in [2.24, 2.45) is 0 Å². The summed E-state index contributed by atoms with van der Waals surface area (Å²) in [5.74, 6) is -0.247. The number of para-hydroxylation sites is 3. The molecule has 4 aromatic rings. The number of ether oxygens (including phenoxy) is 1. The molecule has 0 aliphatic rings. The summed E-state index contributed by atoms with van der Waals surface area (Å²) in [7, 11) is 3.10. The fourth-order valence-electron chi connectivity index (χ4n) is 3.48. The van der Waals surface area contributed by atoms with Gasteiger partial charge in [-0.1, -0.05) is 53.7 Å². The molecule has 1 amide bonds. The monoisotopic (exact) mass is 497 g/mol. The number of benzene rings is 3. The largest absolute Gasteiger partial charge is 0.495 e. The maximum absolute atomic E-state index is 14.1. The third-order valence-corrected chi connectivity index (χ3v) is 6.56. The molecule has 6 nitrogen and oxygen atoms in total. The number of nitrogens with zero attached hydrogens (tertiary/aromatic N) is 3. The highest BCUT2D eigenvalue weighted by Crippen LogP contribution is 2.27. The summed E-state index contributed by atoms with van der Waals surface area (Å²) in [4.78, 5) is 32.3. The number of carbonyl (C=O) groups is 1. The number of fused-ring (bicyclic) bond motifs is 1. The van der Waals surface area contributed by atoms with E-state index in [1.807, 2.05) is 0 Å². The van der Waals surface area contributed by atoms with E-state index in [9.17, 15) is 14.0 Å². The minimum atomic E-state index is -0.471. The topological polar surface area (TPSA) is 64.4 Å². The Hall–Kier alpha value is -3.36. The van der Waals surface area contributed by atoms with Crippen molar-refractivity contribution in [3.8, 4) is 11.4 Å². The Balaban J connectivity index is 1.66. The van der Waals surface area contributed by atoms with E-state index in [1.54, 1.807) is 61.6 Å². The van der Waals surface area contributed by atoms with E-state index in [2.05, 4.69) is 4.98 Å². The number of methoxy groups -OCH3 is 1. The van der Waals surface area contributed by atoms with Crippen molar-refractivity contribution in [2.45, 2.75) is 11.7 Å². The summed E-state index contributed by atoms with van der Waals surface area (Å²) >= 11 is 7.22. The minimum absolute atomic E-state index is 0.0114. The maximum atomic E-state index is 14.1. The lowest BCUT2D eigenvalue weighted by molar-refractivity contribution is -0.127. The van der Waals surface area contributed by atoms with E-state index in [1.165, 1.54) is 28.7 Å². The van der Waals surface area contributed by atoms with Crippen molar-refractivity contribution in [2.75, 3.05) is 19.9 Å². The molecule has 4 rings (SSSR count). The van der Waals surface area contributed by atoms with Crippen LogP contribution in [0.1, 0.15) is 5.56 Å². The second-order valence-corrected chi connectivity index (χ2v) is 8.81. The van der Waals surface area contributed by atoms with Crippen LogP contribution in [0.25, 0.3) is 16.6 Å². The highest BCUT2D eigenvalue weighted by atomic mass is 35.5. The molecule has 0 atom stereocenters. The second-order valence-electron chi connectivity index (χ2n) is 7.46. The van der Waals surface area contributed by atoms with Gasteiger partial charge >= 0.3 is 0 Å². The van der Waals surface area contributed by atoms with Gasteiger partial charge in [-0.15, -0.1) is 0 Å². The molecule has 1 aromatic heterocycles. The number of rotatable bonds is 7. The van der Waals surface area contributed by atoms with E-state index >= 15 is 0 Å². The van der Waals surface area contributed by atoms with Gasteiger partial charge in [-0.2, -0.15) is 0 Å². The van der Waals surface area contributed by atoms with E-state index in [0.717, 1.165) is 11.8 Å². The van der Waals surface area contributed by atoms with Gasteiger partial charge in [-0.05, 0) is 36.4 Å². The highest BCUT2D eigenvalue weighted by Gasteiger charge is 2.19. The van der Waals surface area contributed by atoms with Crippen LogP contribution in [0.3, 0.4) is 0 Å². The predicted molar refractivity (Wildman–Crippen MR) is 132 cm³/mol. The molecule has 3 aromatic carbocycles. The Morgan fingerprint density at radius 2 is 1.85 bits per heavy atom. The molecule has 0 saturated carbocycles. The normalized spacial score (nSPS) is 10.9. The van der Waals surface area contributed by atoms with E-state index in [0.29, 0.717) is 27.5 Å². The van der Waals surface area contributed by atoms with Crippen molar-refractivity contribution < 1.29 is 13.9 Å². The molecule has 0 saturated heterocycles. The van der Waals surface area contributed by atoms with E-state index < -0.39 is 5.82 Å². The molecule has 9 heteroatoms. The van der Waals surface area contributed by atoms with Crippen molar-refractivity contribution >= 4 is 40.2 Å². The summed E-state index contributed by atoms with van der Waals surface area (Å²) in [6.07, 6.45) is 0. The van der Waals surface area contributed by atoms with Crippen LogP contribution in [0.2, 0.25) is 5.02 Å². The Labute approximate surface area is 204 Å². The average molecular weight is 498 g/mol. The van der Waals surface area contributed by atoms with Gasteiger partial charge in [0.05, 0.1) is 29.5 Å². The molecule has 0 aliphatic carbocycles. The maximum Gasteiger partial charge on any atom is 0.266 e. The number of hydrogen-bond acceptors (Lipinski definition) is 5. The Morgan fingerprint density at radius 3 is 2.62 bits per heavy atom. The second kappa shape index (κ2) is 10.3. The van der Waals surface area contributed by atoms with Crippen LogP contribution in [0.5, 0.6) is 5.75 Å². The molecule has 0 fully saturated rings. The summed E-state index contributed by atoms with van der Waals surface area (Å²) in [5, 5.41) is 1.06. The van der Waals surface area contributed by atoms with Crippen molar-refractivity contribution in [1.82, 2.24) is 14.5 Å². The van der Waals surface area contributed by atoms with Gasteiger partial charge in [0, 0.05) is 24.2 Å². The molecule has 174 valence electrons. The van der Waals surface area contributed by atoms with Crippen LogP contribution in [0, 0.1) is 5.82 Å². The number of amides is 1. The molecule has 1 heterocycles. The first-order valence-electron chi connectivity index (χ1n) is 10.4. The van der Waals surface area contributed by atoms with Gasteiger partial charge in [0.2, 0.25) is 5.91 Å². The summed E-state index contributed by atoms with van der Waals surface area (Å²) < 4.78 is 21.0. The first kappa shape index (κ1) is 23.8. The van der Waals surface area contributed by atoms with Gasteiger partial charge < -0.3 is 9.64 Å². The molecule has 0 aliphatic heterocycles. The third kappa shape index (κ3) is 4.78. The Bertz CT molecular complexity index is 1410. The first-order valence-corrected chi connectivity index (χ1v) is 11.7. The fourth-order valence-corrected chi connectivity index (χ4v) is 4.65. The smallest absolute Gasteiger partial charge is 0.266 e. The average Bonchev–Trinajstić information content (AvgIpc) is 2.85. The van der Waals surface area contributed by atoms with E-state index in [-0.39, 0.29) is 34.4 Å². The van der Waals surface area contributed by atoms with Crippen LogP contribution < -0.4 is 10.3 Å². The van der Waals surface area contributed by atoms with Gasteiger partial charge in [-0.25, -0.2) is 9.37 Å². The zero-order valence-corrected chi connectivity index (χ0v) is 20.1. The third-order valence-electron chi connectivity index (χ3n) is 5.28. The fraction of sp³-hybridized carbons (Fsp3) is 0.160. The quantitative estimate of drug-likeness (QED) is 0.267. The molecular weight excluding hydrogens is 477 g/mol. The van der Waals surface area contributed by atoms with Crippen LogP contribution in [0.4, 0.5) is 4.39 Å². The lowest BCUT2D eigenvalue weighted by Crippen LogP contribution is -2.29. The number of aromatic nitrogens is 2. The Kier molecular flexibility index (Phi) is 7.19. The lowest BCUT2D eigenvalue weighted by atomic mass is 10.2. The zero-order chi connectivity index (χ0) is 24.2. The van der Waals surface area contributed by atoms with Gasteiger partial charge in [-0.3, -0.25) is 14.2 Å². The summed E-state index contributed by atoms with van der Waals surface area (Å²) in [5.41, 5.74) is 1.03. The molecule has 0 bridgehead atoms. The predicted octanol–water partition coefficient (Wildman–Crippen LogP) is 4.94. The van der Waals surface area contributed by atoms with Crippen molar-refractivity contribution in [1.29, 1.82) is 0 Å². The van der Waals surface area contributed by atoms with Gasteiger partial charge in [0.1, 0.15) is 11.6 Å². The van der Waals surface area contributed by atoms with Crippen LogP contribution in [0.15, 0.2) is 76.7 Å². The molecule has 0 unspecified atom stereocenters. The van der Waals surface area contributed by atoms with E-state index in [4.69, 9.17) is 16.3 Å². The molecule has 0 spiro atoms. The molecule has 0 radical (unpaired) electrons. The Morgan fingerprint density at radius 1 is 1.12 bits per heavy atom. The number of halogens is 2. The van der Waals surface area contributed by atoms with Gasteiger partial charge in [0.15, 0.2) is 5.16 Å². The number of carbonyl (C=O) groups excluding carboxylic acids is 1. The molecule has 34 heavy (non-hydrogen) atoms. The summed E-state index contributed by atoms with van der Waals surface area (Å²) in [6.45, 7) is 0.0232. The minimum Gasteiger partial charge on any atom is -0.495 e. The lowest BCUT2D eigenvalue weighted by Gasteiger charge is -2.19. The number of thioether (sulfide) groups is 1. The standard InChI is InChI=1S/C25H21ClFN3O3S/c1-29(14-17-18(26)9-7-10-19(17)27)23(31)15-34-25-28-20-11-4-3-8-16(20)24(32)30(25)21-12-5-6-13-22(21)33-2/h3-13H,14-15H2,1-2H3. The first-order chi connectivity index (χ1) is 16.4. The highest BCUT2D eigenvalue weighted by molar-refractivity contribution is 7.99. The molecular formula is C25H21ClFN3O3S. The zero-order valence-electron chi connectivity index (χ0n) is 18.5. The SMILES string of the molecule is COc1ccccc1-n1c(SCC(=O)N(C)Cc2c(F)cccc2Cl)nc2ccccc2c1=O. The van der Waals surface area contributed by atoms with Crippen LogP contribution in [-0.2, 0) is 11.3 Å². The van der Waals surface area contributed by atoms with Crippen molar-refractivity contribution in [3.63, 3.8) is 0 Å². The molecule has 0 N–H and O–H groups in total. The van der Waals surface area contributed by atoms with Gasteiger partial charge in [0.25, 0.3) is 5.56 Å². The summed E-state index contributed by atoms with van der Waals surface area (Å²) in [6, 6.07) is 18.6.